The zero-order valence-corrected chi connectivity index (χ0v) is 13.0. The smallest absolute Gasteiger partial charge is 0.131 e. The van der Waals surface area contributed by atoms with Crippen molar-refractivity contribution < 1.29 is 4.39 Å². The van der Waals surface area contributed by atoms with Crippen LogP contribution in [-0.4, -0.2) is 0 Å². The number of hydrogen-bond donors (Lipinski definition) is 1. The van der Waals surface area contributed by atoms with Crippen molar-refractivity contribution in [2.75, 3.05) is 0 Å². The second-order valence-corrected chi connectivity index (χ2v) is 7.25. The quantitative estimate of drug-likeness (QED) is 0.703. The summed E-state index contributed by atoms with van der Waals surface area (Å²) in [4.78, 5) is 1.22. The van der Waals surface area contributed by atoms with Crippen LogP contribution in [0.4, 0.5) is 4.39 Å². The van der Waals surface area contributed by atoms with Crippen molar-refractivity contribution >= 4 is 38.0 Å². The minimum atomic E-state index is -0.199. The highest BCUT2D eigenvalue weighted by Crippen LogP contribution is 2.30. The molecule has 0 spiro atoms. The summed E-state index contributed by atoms with van der Waals surface area (Å²) < 4.78 is 14.9. The Morgan fingerprint density at radius 2 is 1.80 bits per heavy atom. The number of rotatable bonds is 3. The lowest BCUT2D eigenvalue weighted by Crippen LogP contribution is -2.13. The lowest BCUT2D eigenvalue weighted by Gasteiger charge is -2.14. The molecule has 1 unspecified atom stereocenters. The summed E-state index contributed by atoms with van der Waals surface area (Å²) >= 11 is 5.14. The summed E-state index contributed by atoms with van der Waals surface area (Å²) in [6.45, 7) is 0. The van der Waals surface area contributed by atoms with Crippen LogP contribution >= 0.6 is 27.3 Å². The van der Waals surface area contributed by atoms with Crippen molar-refractivity contribution in [1.29, 1.82) is 0 Å². The molecule has 0 aliphatic rings. The van der Waals surface area contributed by atoms with Crippen molar-refractivity contribution in [3.05, 3.63) is 68.6 Å². The summed E-state index contributed by atoms with van der Waals surface area (Å²) in [5.74, 6) is -0.199. The maximum Gasteiger partial charge on any atom is 0.131 e. The molecule has 3 aromatic rings. The van der Waals surface area contributed by atoms with Crippen LogP contribution in [0.1, 0.15) is 16.5 Å². The first-order valence-electron chi connectivity index (χ1n) is 6.32. The van der Waals surface area contributed by atoms with E-state index in [1.165, 1.54) is 10.9 Å². The van der Waals surface area contributed by atoms with Crippen LogP contribution in [0.3, 0.4) is 0 Å². The first kappa shape index (κ1) is 13.7. The average Bonchev–Trinajstić information content (AvgIpc) is 2.84. The molecule has 4 heteroatoms. The van der Waals surface area contributed by atoms with Gasteiger partial charge in [0.15, 0.2) is 0 Å². The molecule has 3 rings (SSSR count). The number of nitrogens with two attached hydrogens (primary N) is 1. The highest BCUT2D eigenvalue weighted by atomic mass is 79.9. The molecular formula is C16H13BrFNS. The molecule has 0 radical (unpaired) electrons. The molecule has 2 aromatic carbocycles. The molecule has 2 N–H and O–H groups in total. The molecule has 0 aliphatic carbocycles. The number of hydrogen-bond acceptors (Lipinski definition) is 2. The van der Waals surface area contributed by atoms with Gasteiger partial charge in [-0.2, -0.15) is 0 Å². The number of fused-ring (bicyclic) bond motifs is 1. The molecule has 0 saturated heterocycles. The van der Waals surface area contributed by atoms with Gasteiger partial charge in [0.1, 0.15) is 5.82 Å². The SMILES string of the molecule is NC(Cc1ccc(Br)s1)c1ccc(F)c2ccccc12. The van der Waals surface area contributed by atoms with Crippen molar-refractivity contribution in [3.63, 3.8) is 0 Å². The number of benzene rings is 2. The van der Waals surface area contributed by atoms with E-state index in [0.29, 0.717) is 5.39 Å². The van der Waals surface area contributed by atoms with E-state index in [-0.39, 0.29) is 11.9 Å². The Kier molecular flexibility index (Phi) is 3.87. The second kappa shape index (κ2) is 5.64. The molecule has 0 aliphatic heterocycles. The fourth-order valence-electron chi connectivity index (χ4n) is 2.40. The maximum absolute atomic E-state index is 13.8. The summed E-state index contributed by atoms with van der Waals surface area (Å²) in [5, 5.41) is 1.53. The van der Waals surface area contributed by atoms with E-state index in [2.05, 4.69) is 22.0 Å². The number of halogens is 2. The third kappa shape index (κ3) is 2.64. The molecule has 0 amide bonds. The van der Waals surface area contributed by atoms with Gasteiger partial charge in [0.05, 0.1) is 3.79 Å². The fraction of sp³-hybridized carbons (Fsp3) is 0.125. The third-order valence-electron chi connectivity index (χ3n) is 3.35. The second-order valence-electron chi connectivity index (χ2n) is 4.70. The van der Waals surface area contributed by atoms with Crippen LogP contribution in [0, 0.1) is 5.82 Å². The minimum Gasteiger partial charge on any atom is -0.324 e. The van der Waals surface area contributed by atoms with E-state index in [4.69, 9.17) is 5.73 Å². The zero-order valence-electron chi connectivity index (χ0n) is 10.6. The van der Waals surface area contributed by atoms with Crippen LogP contribution in [0.25, 0.3) is 10.8 Å². The fourth-order valence-corrected chi connectivity index (χ4v) is 3.94. The molecule has 102 valence electrons. The van der Waals surface area contributed by atoms with Gasteiger partial charge in [-0.05, 0) is 45.1 Å². The molecule has 1 nitrogen and oxygen atoms in total. The minimum absolute atomic E-state index is 0.133. The molecule has 20 heavy (non-hydrogen) atoms. The molecule has 0 saturated carbocycles. The monoisotopic (exact) mass is 349 g/mol. The molecule has 1 aromatic heterocycles. The Hall–Kier alpha value is -1.23. The lowest BCUT2D eigenvalue weighted by atomic mass is 9.96. The first-order chi connectivity index (χ1) is 9.65. The third-order valence-corrected chi connectivity index (χ3v) is 5.00. The van der Waals surface area contributed by atoms with Crippen LogP contribution in [0.5, 0.6) is 0 Å². The molecule has 0 bridgehead atoms. The van der Waals surface area contributed by atoms with Gasteiger partial charge in [-0.3, -0.25) is 0 Å². The molecule has 0 fully saturated rings. The Morgan fingerprint density at radius 1 is 1.05 bits per heavy atom. The Labute approximate surface area is 129 Å². The maximum atomic E-state index is 13.8. The van der Waals surface area contributed by atoms with E-state index in [1.807, 2.05) is 24.3 Å². The van der Waals surface area contributed by atoms with Crippen molar-refractivity contribution in [2.24, 2.45) is 5.73 Å². The van der Waals surface area contributed by atoms with E-state index in [9.17, 15) is 4.39 Å². The summed E-state index contributed by atoms with van der Waals surface area (Å²) in [6, 6.07) is 14.7. The van der Waals surface area contributed by atoms with Gasteiger partial charge in [0.2, 0.25) is 0 Å². The molecule has 1 heterocycles. The van der Waals surface area contributed by atoms with Crippen LogP contribution in [0.15, 0.2) is 52.3 Å². The summed E-state index contributed by atoms with van der Waals surface area (Å²) in [5.41, 5.74) is 7.31. The summed E-state index contributed by atoms with van der Waals surface area (Å²) in [7, 11) is 0. The van der Waals surface area contributed by atoms with E-state index >= 15 is 0 Å². The topological polar surface area (TPSA) is 26.0 Å². The predicted octanol–water partition coefficient (Wildman–Crippen LogP) is 5.05. The Bertz CT molecular complexity index is 753. The summed E-state index contributed by atoms with van der Waals surface area (Å²) in [6.07, 6.45) is 0.756. The highest BCUT2D eigenvalue weighted by Gasteiger charge is 2.13. The van der Waals surface area contributed by atoms with Gasteiger partial charge in [-0.25, -0.2) is 4.39 Å². The average molecular weight is 350 g/mol. The predicted molar refractivity (Wildman–Crippen MR) is 86.6 cm³/mol. The van der Waals surface area contributed by atoms with Crippen LogP contribution in [0.2, 0.25) is 0 Å². The largest absolute Gasteiger partial charge is 0.324 e. The van der Waals surface area contributed by atoms with Crippen molar-refractivity contribution in [2.45, 2.75) is 12.5 Å². The zero-order chi connectivity index (χ0) is 14.1. The standard InChI is InChI=1S/C16H13BrFNS/c17-16-8-5-10(20-16)9-15(19)13-6-7-14(18)12-4-2-1-3-11(12)13/h1-8,15H,9,19H2. The van der Waals surface area contributed by atoms with E-state index < -0.39 is 0 Å². The van der Waals surface area contributed by atoms with Gasteiger partial charge in [-0.1, -0.05) is 30.3 Å². The van der Waals surface area contributed by atoms with E-state index in [1.54, 1.807) is 23.5 Å². The lowest BCUT2D eigenvalue weighted by molar-refractivity contribution is 0.638. The van der Waals surface area contributed by atoms with E-state index in [0.717, 1.165) is 21.2 Å². The van der Waals surface area contributed by atoms with Crippen molar-refractivity contribution in [3.8, 4) is 0 Å². The van der Waals surface area contributed by atoms with Crippen LogP contribution < -0.4 is 5.73 Å². The van der Waals surface area contributed by atoms with Gasteiger partial charge >= 0.3 is 0 Å². The van der Waals surface area contributed by atoms with Gasteiger partial charge < -0.3 is 5.73 Å². The molecular weight excluding hydrogens is 337 g/mol. The van der Waals surface area contributed by atoms with Gasteiger partial charge in [0.25, 0.3) is 0 Å². The Balaban J connectivity index is 1.99. The number of thiophene rings is 1. The first-order valence-corrected chi connectivity index (χ1v) is 7.93. The van der Waals surface area contributed by atoms with Gasteiger partial charge in [0, 0.05) is 22.7 Å². The normalized spacial score (nSPS) is 12.8. The van der Waals surface area contributed by atoms with Crippen molar-refractivity contribution in [1.82, 2.24) is 0 Å². The van der Waals surface area contributed by atoms with Crippen LogP contribution in [-0.2, 0) is 6.42 Å². The highest BCUT2D eigenvalue weighted by molar-refractivity contribution is 9.11. The Morgan fingerprint density at radius 3 is 2.50 bits per heavy atom. The van der Waals surface area contributed by atoms with Gasteiger partial charge in [-0.15, -0.1) is 11.3 Å². The molecule has 1 atom stereocenters.